The molecule has 0 aliphatic carbocycles. The molecule has 0 N–H and O–H groups in total. The smallest absolute Gasteiger partial charge is 0.460 e. The zero-order valence-electron chi connectivity index (χ0n) is 18.1. The van der Waals surface area contributed by atoms with E-state index in [2.05, 4.69) is 0 Å². The largest absolute Gasteiger partial charge is 0.494 e. The van der Waals surface area contributed by atoms with Gasteiger partial charge in [0.2, 0.25) is 0 Å². The number of benzene rings is 1. The molecule has 0 aliphatic heterocycles. The lowest BCUT2D eigenvalue weighted by Gasteiger charge is -2.42. The fourth-order valence-electron chi connectivity index (χ4n) is 2.67. The lowest BCUT2D eigenvalue weighted by atomic mass is 9.88. The van der Waals surface area contributed by atoms with E-state index in [0.29, 0.717) is 5.56 Å². The van der Waals surface area contributed by atoms with Gasteiger partial charge in [-0.1, -0.05) is 12.1 Å². The Morgan fingerprint density at radius 1 is 0.526 bits per heavy atom. The summed E-state index contributed by atoms with van der Waals surface area (Å²) >= 11 is 5.52. The molecule has 0 saturated carbocycles. The summed E-state index contributed by atoms with van der Waals surface area (Å²) in [6, 6.07) is 5.54. The predicted octanol–water partition coefficient (Wildman–Crippen LogP) is 8.98. The fourth-order valence-corrected chi connectivity index (χ4v) is 2.85. The van der Waals surface area contributed by atoms with Crippen LogP contribution in [0.2, 0.25) is 0 Å². The minimum Gasteiger partial charge on any atom is -0.494 e. The summed E-state index contributed by atoms with van der Waals surface area (Å²) in [4.78, 5) is 0. The summed E-state index contributed by atoms with van der Waals surface area (Å²) in [6.07, 6.45) is -12.2. The standard InChI is InChI=1S/C19H14ClF17O/c20-9-10-3-5-11(6-4-10)38-8-2-1-7-12(21,22)13(23,24)14(25,26)15(27,28)16(29,30)17(31,32)18(33,34)19(35,36)37/h3-6H,1-2,7-9H2. The Morgan fingerprint density at radius 3 is 1.32 bits per heavy atom. The molecule has 0 fully saturated rings. The molecular formula is C19H14ClF17O. The Labute approximate surface area is 206 Å². The summed E-state index contributed by atoms with van der Waals surface area (Å²) in [7, 11) is 0. The van der Waals surface area contributed by atoms with Crippen molar-refractivity contribution < 1.29 is 79.4 Å². The van der Waals surface area contributed by atoms with Gasteiger partial charge in [0.25, 0.3) is 0 Å². The Morgan fingerprint density at radius 2 is 0.921 bits per heavy atom. The highest BCUT2D eigenvalue weighted by molar-refractivity contribution is 6.17. The van der Waals surface area contributed by atoms with Gasteiger partial charge in [-0.15, -0.1) is 11.6 Å². The zero-order valence-corrected chi connectivity index (χ0v) is 18.8. The number of rotatable bonds is 13. The Kier molecular flexibility index (Phi) is 9.52. The van der Waals surface area contributed by atoms with Gasteiger partial charge in [-0.3, -0.25) is 0 Å². The third-order valence-electron chi connectivity index (χ3n) is 5.02. The van der Waals surface area contributed by atoms with Crippen molar-refractivity contribution in [2.45, 2.75) is 72.8 Å². The van der Waals surface area contributed by atoms with E-state index in [1.165, 1.54) is 24.3 Å². The Balaban J connectivity index is 3.10. The van der Waals surface area contributed by atoms with Crippen molar-refractivity contribution in [1.82, 2.24) is 0 Å². The second-order valence-corrected chi connectivity index (χ2v) is 8.00. The molecule has 222 valence electrons. The molecular weight excluding hydrogens is 603 g/mol. The quantitative estimate of drug-likeness (QED) is 0.122. The van der Waals surface area contributed by atoms with Crippen LogP contribution in [0, 0.1) is 0 Å². The number of hydrogen-bond donors (Lipinski definition) is 0. The normalized spacial score (nSPS) is 15.1. The molecule has 0 radical (unpaired) electrons. The number of unbranched alkanes of at least 4 members (excludes halogenated alkanes) is 1. The molecule has 1 nitrogen and oxygen atoms in total. The summed E-state index contributed by atoms with van der Waals surface area (Å²) in [5.41, 5.74) is 0.615. The van der Waals surface area contributed by atoms with Crippen LogP contribution in [0.25, 0.3) is 0 Å². The van der Waals surface area contributed by atoms with E-state index >= 15 is 0 Å². The van der Waals surface area contributed by atoms with Crippen LogP contribution in [0.3, 0.4) is 0 Å². The number of ether oxygens (including phenoxy) is 1. The van der Waals surface area contributed by atoms with Crippen LogP contribution in [-0.2, 0) is 5.88 Å². The van der Waals surface area contributed by atoms with Crippen LogP contribution in [-0.4, -0.2) is 54.2 Å². The van der Waals surface area contributed by atoms with Crippen molar-refractivity contribution in [3.63, 3.8) is 0 Å². The van der Waals surface area contributed by atoms with Gasteiger partial charge in [-0.25, -0.2) is 0 Å². The summed E-state index contributed by atoms with van der Waals surface area (Å²) in [5.74, 6) is -55.9. The average Bonchev–Trinajstić information content (AvgIpc) is 2.77. The highest BCUT2D eigenvalue weighted by atomic mass is 35.5. The molecule has 0 heterocycles. The van der Waals surface area contributed by atoms with Crippen molar-refractivity contribution in [2.24, 2.45) is 0 Å². The van der Waals surface area contributed by atoms with Gasteiger partial charge in [-0.05, 0) is 30.5 Å². The maximum absolute atomic E-state index is 13.8. The maximum atomic E-state index is 13.8. The van der Waals surface area contributed by atoms with E-state index in [9.17, 15) is 74.6 Å². The molecule has 0 bridgehead atoms. The first-order valence-corrected chi connectivity index (χ1v) is 10.3. The topological polar surface area (TPSA) is 9.23 Å². The Hall–Kier alpha value is -1.88. The lowest BCUT2D eigenvalue weighted by molar-refractivity contribution is -0.461. The average molecular weight is 617 g/mol. The molecule has 0 aliphatic rings. The number of halogens is 18. The van der Waals surface area contributed by atoms with Gasteiger partial charge in [0.15, 0.2) is 0 Å². The summed E-state index contributed by atoms with van der Waals surface area (Å²) in [6.45, 7) is -0.564. The second kappa shape index (κ2) is 10.6. The first kappa shape index (κ1) is 34.1. The van der Waals surface area contributed by atoms with Crippen molar-refractivity contribution in [3.8, 4) is 5.75 Å². The van der Waals surface area contributed by atoms with Crippen molar-refractivity contribution in [3.05, 3.63) is 29.8 Å². The van der Waals surface area contributed by atoms with Crippen LogP contribution >= 0.6 is 11.6 Å². The van der Waals surface area contributed by atoms with Gasteiger partial charge in [0.05, 0.1) is 6.61 Å². The van der Waals surface area contributed by atoms with E-state index in [4.69, 9.17) is 16.3 Å². The summed E-state index contributed by atoms with van der Waals surface area (Å²) in [5, 5.41) is 0. The van der Waals surface area contributed by atoms with Crippen LogP contribution in [0.4, 0.5) is 74.6 Å². The van der Waals surface area contributed by atoms with Gasteiger partial charge < -0.3 is 4.74 Å². The van der Waals surface area contributed by atoms with Crippen molar-refractivity contribution >= 4 is 11.6 Å². The molecule has 0 atom stereocenters. The van der Waals surface area contributed by atoms with Crippen LogP contribution in [0.5, 0.6) is 5.75 Å². The van der Waals surface area contributed by atoms with E-state index < -0.39 is 73.5 Å². The zero-order chi connectivity index (χ0) is 30.2. The van der Waals surface area contributed by atoms with Crippen molar-refractivity contribution in [2.75, 3.05) is 6.61 Å². The SMILES string of the molecule is FC(F)(F)C(F)(F)C(F)(F)C(F)(F)C(F)(F)C(F)(F)C(F)(F)C(F)(F)CCCCOc1ccc(CCl)cc1. The monoisotopic (exact) mass is 616 g/mol. The molecule has 1 aromatic rings. The molecule has 38 heavy (non-hydrogen) atoms. The van der Waals surface area contributed by atoms with Gasteiger partial charge >= 0.3 is 47.6 Å². The molecule has 19 heteroatoms. The molecule has 0 spiro atoms. The van der Waals surface area contributed by atoms with E-state index in [1.807, 2.05) is 0 Å². The maximum Gasteiger partial charge on any atom is 0.460 e. The minimum absolute atomic E-state index is 0.0842. The van der Waals surface area contributed by atoms with Crippen LogP contribution in [0.15, 0.2) is 24.3 Å². The van der Waals surface area contributed by atoms with E-state index in [0.717, 1.165) is 0 Å². The number of alkyl halides is 18. The summed E-state index contributed by atoms with van der Waals surface area (Å²) < 4.78 is 229. The predicted molar refractivity (Wildman–Crippen MR) is 96.0 cm³/mol. The van der Waals surface area contributed by atoms with Crippen LogP contribution in [0.1, 0.15) is 24.8 Å². The van der Waals surface area contributed by atoms with Gasteiger partial charge in [0, 0.05) is 12.3 Å². The highest BCUT2D eigenvalue weighted by Gasteiger charge is 2.95. The first-order valence-electron chi connectivity index (χ1n) is 9.75. The minimum atomic E-state index is -8.62. The van der Waals surface area contributed by atoms with E-state index in [1.54, 1.807) is 0 Å². The number of hydrogen-bond acceptors (Lipinski definition) is 1. The van der Waals surface area contributed by atoms with Gasteiger partial charge in [-0.2, -0.15) is 74.6 Å². The third kappa shape index (κ3) is 5.55. The van der Waals surface area contributed by atoms with E-state index in [-0.39, 0.29) is 11.6 Å². The lowest BCUT2D eigenvalue weighted by Crippen LogP contribution is -2.74. The Bertz CT molecular complexity index is 924. The highest BCUT2D eigenvalue weighted by Crippen LogP contribution is 2.64. The molecule has 0 saturated heterocycles. The molecule has 0 unspecified atom stereocenters. The van der Waals surface area contributed by atoms with Crippen LogP contribution < -0.4 is 4.74 Å². The molecule has 1 aromatic carbocycles. The van der Waals surface area contributed by atoms with Crippen molar-refractivity contribution in [1.29, 1.82) is 0 Å². The molecule has 1 rings (SSSR count). The third-order valence-corrected chi connectivity index (χ3v) is 5.33. The molecule has 0 aromatic heterocycles. The molecule has 0 amide bonds. The second-order valence-electron chi connectivity index (χ2n) is 7.73. The van der Waals surface area contributed by atoms with Gasteiger partial charge in [0.1, 0.15) is 5.75 Å². The fraction of sp³-hybridized carbons (Fsp3) is 0.684. The first-order chi connectivity index (χ1) is 16.8.